The molecule has 170 valence electrons. The Morgan fingerprint density at radius 2 is 1.64 bits per heavy atom. The van der Waals surface area contributed by atoms with Gasteiger partial charge in [0.2, 0.25) is 0 Å². The Bertz CT molecular complexity index is 1140. The number of amides is 3. The fourth-order valence-corrected chi connectivity index (χ4v) is 4.17. The van der Waals surface area contributed by atoms with E-state index in [4.69, 9.17) is 4.74 Å². The van der Waals surface area contributed by atoms with Crippen molar-refractivity contribution in [2.45, 2.75) is 38.2 Å². The average Bonchev–Trinajstić information content (AvgIpc) is 3.08. The number of nitrogens with one attached hydrogen (secondary N) is 1. The summed E-state index contributed by atoms with van der Waals surface area (Å²) < 4.78 is 5.42. The average molecular weight is 446 g/mol. The first-order valence-corrected chi connectivity index (χ1v) is 11.2. The number of anilines is 1. The molecular weight excluding hydrogens is 418 g/mol. The van der Waals surface area contributed by atoms with Crippen LogP contribution in [-0.2, 0) is 9.53 Å². The summed E-state index contributed by atoms with van der Waals surface area (Å²) >= 11 is 0. The molecule has 0 bridgehead atoms. The zero-order chi connectivity index (χ0) is 23.2. The van der Waals surface area contributed by atoms with Crippen molar-refractivity contribution in [3.63, 3.8) is 0 Å². The Morgan fingerprint density at radius 3 is 2.36 bits per heavy atom. The summed E-state index contributed by atoms with van der Waals surface area (Å²) in [5, 5.41) is 3.90. The third-order valence-corrected chi connectivity index (χ3v) is 5.94. The number of para-hydroxylation sites is 1. The molecule has 7 nitrogen and oxygen atoms in total. The SMILES string of the molecule is CO[C@@H](CCCCCCN1C(=O)c2ccccc2C1=O)C(=O)Nc1cccc2cccnc12. The maximum absolute atomic E-state index is 12.7. The van der Waals surface area contributed by atoms with Crippen molar-refractivity contribution >= 4 is 34.3 Å². The molecule has 2 aromatic carbocycles. The van der Waals surface area contributed by atoms with Gasteiger partial charge in [-0.1, -0.05) is 49.6 Å². The third-order valence-electron chi connectivity index (χ3n) is 5.94. The highest BCUT2D eigenvalue weighted by Gasteiger charge is 2.34. The van der Waals surface area contributed by atoms with E-state index in [0.29, 0.717) is 29.8 Å². The van der Waals surface area contributed by atoms with E-state index in [1.165, 1.54) is 12.0 Å². The fraction of sp³-hybridized carbons (Fsp3) is 0.308. The molecule has 1 atom stereocenters. The summed E-state index contributed by atoms with van der Waals surface area (Å²) in [5.74, 6) is -0.619. The van der Waals surface area contributed by atoms with Gasteiger partial charge in [-0.05, 0) is 37.1 Å². The molecule has 0 unspecified atom stereocenters. The Morgan fingerprint density at radius 1 is 0.939 bits per heavy atom. The molecule has 2 heterocycles. The lowest BCUT2D eigenvalue weighted by Crippen LogP contribution is -2.30. The molecule has 0 aliphatic carbocycles. The number of hydrogen-bond donors (Lipinski definition) is 1. The number of imide groups is 1. The molecule has 0 spiro atoms. The number of methoxy groups -OCH3 is 1. The monoisotopic (exact) mass is 445 g/mol. The van der Waals surface area contributed by atoms with E-state index in [1.807, 2.05) is 30.3 Å². The molecule has 0 saturated carbocycles. The van der Waals surface area contributed by atoms with Gasteiger partial charge < -0.3 is 10.1 Å². The standard InChI is InChI=1S/C26H27N3O4/c1-33-22(24(30)28-21-14-8-10-18-11-9-16-27-23(18)21)15-4-2-3-7-17-29-25(31)19-12-5-6-13-20(19)26(29)32/h5-6,8-14,16,22H,2-4,7,15,17H2,1H3,(H,28,30)/t22-/m0/s1. The first-order chi connectivity index (χ1) is 16.1. The van der Waals surface area contributed by atoms with Gasteiger partial charge in [-0.25, -0.2) is 0 Å². The van der Waals surface area contributed by atoms with Gasteiger partial charge in [-0.2, -0.15) is 0 Å². The minimum Gasteiger partial charge on any atom is -0.372 e. The van der Waals surface area contributed by atoms with Crippen LogP contribution in [0.5, 0.6) is 0 Å². The number of fused-ring (bicyclic) bond motifs is 2. The number of nitrogens with zero attached hydrogens (tertiary/aromatic N) is 2. The number of carbonyl (C=O) groups excluding carboxylic acids is 3. The van der Waals surface area contributed by atoms with E-state index in [-0.39, 0.29) is 17.7 Å². The molecule has 1 aliphatic heterocycles. The fourth-order valence-electron chi connectivity index (χ4n) is 4.17. The number of aromatic nitrogens is 1. The molecule has 3 aromatic rings. The molecule has 33 heavy (non-hydrogen) atoms. The molecule has 0 fully saturated rings. The number of benzene rings is 2. The lowest BCUT2D eigenvalue weighted by molar-refractivity contribution is -0.126. The summed E-state index contributed by atoms with van der Waals surface area (Å²) in [5.41, 5.74) is 2.38. The lowest BCUT2D eigenvalue weighted by Gasteiger charge is -2.16. The molecule has 1 aromatic heterocycles. The third kappa shape index (κ3) is 4.93. The molecular formula is C26H27N3O4. The Balaban J connectivity index is 1.21. The number of ether oxygens (including phenoxy) is 1. The van der Waals surface area contributed by atoms with Crippen molar-refractivity contribution in [3.05, 3.63) is 71.9 Å². The highest BCUT2D eigenvalue weighted by molar-refractivity contribution is 6.21. The highest BCUT2D eigenvalue weighted by atomic mass is 16.5. The molecule has 7 heteroatoms. The van der Waals surface area contributed by atoms with Crippen LogP contribution in [0.4, 0.5) is 5.69 Å². The minimum absolute atomic E-state index is 0.193. The van der Waals surface area contributed by atoms with Crippen LogP contribution in [0.25, 0.3) is 10.9 Å². The molecule has 3 amide bonds. The lowest BCUT2D eigenvalue weighted by atomic mass is 10.1. The molecule has 1 N–H and O–H groups in total. The van der Waals surface area contributed by atoms with E-state index in [0.717, 1.165) is 36.6 Å². The van der Waals surface area contributed by atoms with E-state index in [9.17, 15) is 14.4 Å². The maximum Gasteiger partial charge on any atom is 0.261 e. The predicted molar refractivity (Wildman–Crippen MR) is 126 cm³/mol. The number of hydrogen-bond acceptors (Lipinski definition) is 5. The zero-order valence-electron chi connectivity index (χ0n) is 18.6. The van der Waals surface area contributed by atoms with Gasteiger partial charge in [-0.3, -0.25) is 24.3 Å². The van der Waals surface area contributed by atoms with Crippen molar-refractivity contribution in [2.24, 2.45) is 0 Å². The van der Waals surface area contributed by atoms with Gasteiger partial charge in [0.1, 0.15) is 6.10 Å². The van der Waals surface area contributed by atoms with Gasteiger partial charge in [0, 0.05) is 25.2 Å². The second-order valence-electron chi connectivity index (χ2n) is 8.10. The van der Waals surface area contributed by atoms with Crippen LogP contribution in [0.1, 0.15) is 52.8 Å². The van der Waals surface area contributed by atoms with Gasteiger partial charge in [0.15, 0.2) is 0 Å². The summed E-state index contributed by atoms with van der Waals surface area (Å²) in [6.07, 6.45) is 5.02. The topological polar surface area (TPSA) is 88.6 Å². The summed E-state index contributed by atoms with van der Waals surface area (Å²) in [6, 6.07) is 16.4. The normalized spacial score (nSPS) is 13.9. The molecule has 4 rings (SSSR count). The quantitative estimate of drug-likeness (QED) is 0.368. The number of pyridine rings is 1. The van der Waals surface area contributed by atoms with Crippen molar-refractivity contribution < 1.29 is 19.1 Å². The first-order valence-electron chi connectivity index (χ1n) is 11.2. The van der Waals surface area contributed by atoms with E-state index >= 15 is 0 Å². The van der Waals surface area contributed by atoms with Crippen molar-refractivity contribution in [1.29, 1.82) is 0 Å². The second kappa shape index (κ2) is 10.4. The molecule has 0 saturated heterocycles. The molecule has 0 radical (unpaired) electrons. The Kier molecular flexibility index (Phi) is 7.10. The van der Waals surface area contributed by atoms with Gasteiger partial charge in [0.05, 0.1) is 22.3 Å². The van der Waals surface area contributed by atoms with Crippen LogP contribution in [0.15, 0.2) is 60.8 Å². The summed E-state index contributed by atoms with van der Waals surface area (Å²) in [6.45, 7) is 0.411. The maximum atomic E-state index is 12.7. The second-order valence-corrected chi connectivity index (χ2v) is 8.10. The van der Waals surface area contributed by atoms with Crippen molar-refractivity contribution in [2.75, 3.05) is 19.0 Å². The van der Waals surface area contributed by atoms with Crippen molar-refractivity contribution in [1.82, 2.24) is 9.88 Å². The van der Waals surface area contributed by atoms with E-state index in [1.54, 1.807) is 30.5 Å². The number of carbonyl (C=O) groups is 3. The number of rotatable bonds is 10. The largest absolute Gasteiger partial charge is 0.372 e. The number of unbranched alkanes of at least 4 members (excludes halogenated alkanes) is 3. The van der Waals surface area contributed by atoms with Gasteiger partial charge >= 0.3 is 0 Å². The smallest absolute Gasteiger partial charge is 0.261 e. The van der Waals surface area contributed by atoms with Crippen LogP contribution in [0, 0.1) is 0 Å². The predicted octanol–water partition coefficient (Wildman–Crippen LogP) is 4.44. The van der Waals surface area contributed by atoms with Crippen molar-refractivity contribution in [3.8, 4) is 0 Å². The minimum atomic E-state index is -0.555. The van der Waals surface area contributed by atoms with Crippen LogP contribution >= 0.6 is 0 Å². The molecule has 1 aliphatic rings. The van der Waals surface area contributed by atoms with Crippen LogP contribution in [-0.4, -0.2) is 47.4 Å². The van der Waals surface area contributed by atoms with E-state index < -0.39 is 6.10 Å². The van der Waals surface area contributed by atoms with Crippen LogP contribution in [0.3, 0.4) is 0 Å². The van der Waals surface area contributed by atoms with Crippen LogP contribution < -0.4 is 5.32 Å². The summed E-state index contributed by atoms with van der Waals surface area (Å²) in [4.78, 5) is 43.2. The van der Waals surface area contributed by atoms with E-state index in [2.05, 4.69) is 10.3 Å². The van der Waals surface area contributed by atoms with Gasteiger partial charge in [-0.15, -0.1) is 0 Å². The first kappa shape index (κ1) is 22.6. The van der Waals surface area contributed by atoms with Gasteiger partial charge in [0.25, 0.3) is 17.7 Å². The Labute approximate surface area is 192 Å². The Hall–Kier alpha value is -3.58. The van der Waals surface area contributed by atoms with Crippen LogP contribution in [0.2, 0.25) is 0 Å². The highest BCUT2D eigenvalue weighted by Crippen LogP contribution is 2.24. The zero-order valence-corrected chi connectivity index (χ0v) is 18.6. The summed E-state index contributed by atoms with van der Waals surface area (Å²) in [7, 11) is 1.54.